The first-order valence-corrected chi connectivity index (χ1v) is 7.93. The fourth-order valence-corrected chi connectivity index (χ4v) is 4.03. The van der Waals surface area contributed by atoms with Crippen LogP contribution in [0.5, 0.6) is 0 Å². The van der Waals surface area contributed by atoms with Crippen molar-refractivity contribution in [3.05, 3.63) is 35.4 Å². The first kappa shape index (κ1) is 12.8. The summed E-state index contributed by atoms with van der Waals surface area (Å²) >= 11 is 0. The van der Waals surface area contributed by atoms with E-state index in [1.807, 2.05) is 0 Å². The lowest BCUT2D eigenvalue weighted by molar-refractivity contribution is 0.587. The second kappa shape index (κ2) is 6.31. The molecule has 0 heterocycles. The van der Waals surface area contributed by atoms with Crippen LogP contribution < -0.4 is 5.73 Å². The summed E-state index contributed by atoms with van der Waals surface area (Å²) in [5.74, 6) is 2.07. The Balaban J connectivity index is 2.01. The molecular weight excluding hydrogens is 230 g/mol. The third-order valence-electron chi connectivity index (χ3n) is 3.46. The number of aryl methyl sites for hydroxylation is 1. The van der Waals surface area contributed by atoms with Crippen molar-refractivity contribution in [3.8, 4) is 0 Å². The molecule has 0 aliphatic heterocycles. The SMILES string of the molecule is NCCCS(=O)CC1CCCc2ccccc21. The summed E-state index contributed by atoms with van der Waals surface area (Å²) in [5.41, 5.74) is 8.34. The standard InChI is InChI=1S/C14H21NOS/c15-9-4-10-17(16)11-13-7-3-6-12-5-1-2-8-14(12)13/h1-2,5,8,13H,3-4,6-7,9-11,15H2. The van der Waals surface area contributed by atoms with E-state index in [-0.39, 0.29) is 0 Å². The Bertz CT molecular complexity index is 392. The van der Waals surface area contributed by atoms with E-state index in [2.05, 4.69) is 24.3 Å². The number of rotatable bonds is 5. The summed E-state index contributed by atoms with van der Waals surface area (Å²) in [6.07, 6.45) is 4.48. The van der Waals surface area contributed by atoms with Gasteiger partial charge in [0.15, 0.2) is 0 Å². The van der Waals surface area contributed by atoms with Gasteiger partial charge in [0.2, 0.25) is 0 Å². The van der Waals surface area contributed by atoms with Gasteiger partial charge >= 0.3 is 0 Å². The Hall–Kier alpha value is -0.670. The first-order valence-electron chi connectivity index (χ1n) is 6.44. The predicted molar refractivity (Wildman–Crippen MR) is 73.7 cm³/mol. The van der Waals surface area contributed by atoms with E-state index in [1.165, 1.54) is 30.4 Å². The highest BCUT2D eigenvalue weighted by Gasteiger charge is 2.21. The Kier molecular flexibility index (Phi) is 4.75. The molecule has 3 heteroatoms. The van der Waals surface area contributed by atoms with Crippen LogP contribution in [0, 0.1) is 0 Å². The van der Waals surface area contributed by atoms with Gasteiger partial charge in [0.1, 0.15) is 0 Å². The molecular formula is C14H21NOS. The summed E-state index contributed by atoms with van der Waals surface area (Å²) < 4.78 is 11.9. The van der Waals surface area contributed by atoms with E-state index in [0.717, 1.165) is 17.9 Å². The minimum absolute atomic E-state index is 0.499. The smallest absolute Gasteiger partial charge is 0.0303 e. The van der Waals surface area contributed by atoms with Crippen LogP contribution in [0.25, 0.3) is 0 Å². The van der Waals surface area contributed by atoms with Crippen molar-refractivity contribution >= 4 is 10.8 Å². The second-order valence-electron chi connectivity index (χ2n) is 4.74. The van der Waals surface area contributed by atoms with Gasteiger partial charge in [-0.05, 0) is 49.3 Å². The van der Waals surface area contributed by atoms with Crippen molar-refractivity contribution in [3.63, 3.8) is 0 Å². The van der Waals surface area contributed by atoms with E-state index in [9.17, 15) is 4.21 Å². The molecule has 0 saturated carbocycles. The maximum Gasteiger partial charge on any atom is 0.0303 e. The number of fused-ring (bicyclic) bond motifs is 1. The van der Waals surface area contributed by atoms with E-state index in [1.54, 1.807) is 0 Å². The van der Waals surface area contributed by atoms with Crippen LogP contribution in [0.1, 0.15) is 36.3 Å². The van der Waals surface area contributed by atoms with Crippen LogP contribution in [0.4, 0.5) is 0 Å². The van der Waals surface area contributed by atoms with Gasteiger partial charge in [0.25, 0.3) is 0 Å². The third-order valence-corrected chi connectivity index (χ3v) is 4.98. The molecule has 0 saturated heterocycles. The normalized spacial score (nSPS) is 20.9. The highest BCUT2D eigenvalue weighted by molar-refractivity contribution is 7.85. The molecule has 0 aromatic heterocycles. The molecule has 1 aliphatic carbocycles. The molecule has 17 heavy (non-hydrogen) atoms. The monoisotopic (exact) mass is 251 g/mol. The lowest BCUT2D eigenvalue weighted by Crippen LogP contribution is -2.18. The molecule has 0 radical (unpaired) electrons. The van der Waals surface area contributed by atoms with Crippen LogP contribution in [0.3, 0.4) is 0 Å². The Morgan fingerprint density at radius 2 is 2.18 bits per heavy atom. The Morgan fingerprint density at radius 1 is 1.35 bits per heavy atom. The number of hydrogen-bond donors (Lipinski definition) is 1. The van der Waals surface area contributed by atoms with Crippen LogP contribution in [0.2, 0.25) is 0 Å². The Labute approximate surface area is 106 Å². The molecule has 0 spiro atoms. The summed E-state index contributed by atoms with van der Waals surface area (Å²) in [6, 6.07) is 8.62. The molecule has 0 amide bonds. The summed E-state index contributed by atoms with van der Waals surface area (Å²) in [4.78, 5) is 0. The van der Waals surface area contributed by atoms with Gasteiger partial charge < -0.3 is 5.73 Å². The van der Waals surface area contributed by atoms with E-state index < -0.39 is 10.8 Å². The van der Waals surface area contributed by atoms with Crippen LogP contribution >= 0.6 is 0 Å². The van der Waals surface area contributed by atoms with E-state index in [0.29, 0.717) is 12.5 Å². The van der Waals surface area contributed by atoms with Crippen LogP contribution in [0.15, 0.2) is 24.3 Å². The molecule has 2 nitrogen and oxygen atoms in total. The minimum Gasteiger partial charge on any atom is -0.330 e. The molecule has 2 atom stereocenters. The van der Waals surface area contributed by atoms with Gasteiger partial charge in [-0.25, -0.2) is 0 Å². The van der Waals surface area contributed by atoms with Crippen molar-refractivity contribution < 1.29 is 4.21 Å². The number of nitrogens with two attached hydrogens (primary N) is 1. The largest absolute Gasteiger partial charge is 0.330 e. The first-order chi connectivity index (χ1) is 8.31. The van der Waals surface area contributed by atoms with Gasteiger partial charge in [-0.3, -0.25) is 4.21 Å². The van der Waals surface area contributed by atoms with Crippen molar-refractivity contribution in [2.24, 2.45) is 5.73 Å². The fraction of sp³-hybridized carbons (Fsp3) is 0.571. The van der Waals surface area contributed by atoms with Crippen molar-refractivity contribution in [2.75, 3.05) is 18.1 Å². The molecule has 0 bridgehead atoms. The molecule has 1 aliphatic rings. The van der Waals surface area contributed by atoms with E-state index >= 15 is 0 Å². The minimum atomic E-state index is -0.705. The number of hydrogen-bond acceptors (Lipinski definition) is 2. The third kappa shape index (κ3) is 3.39. The van der Waals surface area contributed by atoms with Gasteiger partial charge in [-0.2, -0.15) is 0 Å². The van der Waals surface area contributed by atoms with Crippen molar-refractivity contribution in [1.82, 2.24) is 0 Å². The summed E-state index contributed by atoms with van der Waals surface area (Å²) in [5, 5.41) is 0. The zero-order chi connectivity index (χ0) is 12.1. The van der Waals surface area contributed by atoms with Gasteiger partial charge in [0.05, 0.1) is 0 Å². The van der Waals surface area contributed by atoms with E-state index in [4.69, 9.17) is 5.73 Å². The zero-order valence-corrected chi connectivity index (χ0v) is 11.0. The fourth-order valence-electron chi connectivity index (χ4n) is 2.58. The summed E-state index contributed by atoms with van der Waals surface area (Å²) in [6.45, 7) is 0.646. The van der Waals surface area contributed by atoms with Crippen molar-refractivity contribution in [1.29, 1.82) is 0 Å². The lowest BCUT2D eigenvalue weighted by atomic mass is 9.84. The second-order valence-corrected chi connectivity index (χ2v) is 6.36. The maximum absolute atomic E-state index is 11.9. The average molecular weight is 251 g/mol. The lowest BCUT2D eigenvalue weighted by Gasteiger charge is -2.25. The van der Waals surface area contributed by atoms with Crippen LogP contribution in [-0.2, 0) is 17.2 Å². The van der Waals surface area contributed by atoms with Gasteiger partial charge in [-0.1, -0.05) is 24.3 Å². The van der Waals surface area contributed by atoms with Crippen LogP contribution in [-0.4, -0.2) is 22.3 Å². The Morgan fingerprint density at radius 3 is 3.00 bits per heavy atom. The average Bonchev–Trinajstić information content (AvgIpc) is 2.37. The molecule has 94 valence electrons. The number of benzene rings is 1. The molecule has 2 rings (SSSR count). The predicted octanol–water partition coefficient (Wildman–Crippen LogP) is 2.20. The van der Waals surface area contributed by atoms with Gasteiger partial charge in [0, 0.05) is 22.3 Å². The quantitative estimate of drug-likeness (QED) is 0.872. The van der Waals surface area contributed by atoms with Crippen molar-refractivity contribution in [2.45, 2.75) is 31.6 Å². The molecule has 0 fully saturated rings. The maximum atomic E-state index is 11.9. The molecule has 2 unspecified atom stereocenters. The molecule has 2 N–H and O–H groups in total. The highest BCUT2D eigenvalue weighted by Crippen LogP contribution is 2.31. The topological polar surface area (TPSA) is 43.1 Å². The van der Waals surface area contributed by atoms with Gasteiger partial charge in [-0.15, -0.1) is 0 Å². The highest BCUT2D eigenvalue weighted by atomic mass is 32.2. The zero-order valence-electron chi connectivity index (χ0n) is 10.2. The summed E-state index contributed by atoms with van der Waals surface area (Å²) in [7, 11) is -0.705. The molecule has 1 aromatic rings. The molecule has 1 aromatic carbocycles.